The van der Waals surface area contributed by atoms with E-state index in [-0.39, 0.29) is 0 Å². The van der Waals surface area contributed by atoms with E-state index in [0.29, 0.717) is 5.75 Å². The maximum atomic E-state index is 9.80. The van der Waals surface area contributed by atoms with E-state index in [1.165, 1.54) is 5.56 Å². The molecule has 0 spiro atoms. The molecule has 2 atom stereocenters. The number of likely N-dealkylation sites (tertiary alicyclic amines) is 1. The average molecular weight is 219 g/mol. The predicted molar refractivity (Wildman–Crippen MR) is 66.4 cm³/mol. The summed E-state index contributed by atoms with van der Waals surface area (Å²) < 4.78 is 0. The van der Waals surface area contributed by atoms with E-state index in [0.717, 1.165) is 37.0 Å². The number of phenolic OH excluding ortho intramolecular Hbond substituents is 1. The Balaban J connectivity index is 2.07. The van der Waals surface area contributed by atoms with Crippen LogP contribution in [0.3, 0.4) is 0 Å². The van der Waals surface area contributed by atoms with Crippen LogP contribution in [0.1, 0.15) is 25.0 Å². The van der Waals surface area contributed by atoms with Gasteiger partial charge in [-0.05, 0) is 24.8 Å². The molecule has 1 heterocycles. The lowest BCUT2D eigenvalue weighted by Crippen LogP contribution is -2.20. The van der Waals surface area contributed by atoms with Crippen LogP contribution in [0.4, 0.5) is 0 Å². The third kappa shape index (κ3) is 2.38. The van der Waals surface area contributed by atoms with Crippen LogP contribution in [-0.4, -0.2) is 23.1 Å². The predicted octanol–water partition coefficient (Wildman–Crippen LogP) is 2.79. The number of nitrogens with zero attached hydrogens (tertiary/aromatic N) is 1. The number of hydrogen-bond acceptors (Lipinski definition) is 2. The highest BCUT2D eigenvalue weighted by Gasteiger charge is 2.26. The van der Waals surface area contributed by atoms with Crippen LogP contribution in [-0.2, 0) is 6.54 Å². The highest BCUT2D eigenvalue weighted by molar-refractivity contribution is 5.35. The van der Waals surface area contributed by atoms with Gasteiger partial charge in [-0.15, -0.1) is 0 Å². The Morgan fingerprint density at radius 3 is 2.50 bits per heavy atom. The van der Waals surface area contributed by atoms with Gasteiger partial charge in [-0.3, -0.25) is 4.90 Å². The summed E-state index contributed by atoms with van der Waals surface area (Å²) >= 11 is 0. The maximum Gasteiger partial charge on any atom is 0.120 e. The van der Waals surface area contributed by atoms with Gasteiger partial charge in [0.25, 0.3) is 0 Å². The first-order valence-electron chi connectivity index (χ1n) is 6.07. The molecular formula is C14H21NO. The third-order valence-corrected chi connectivity index (χ3v) is 3.69. The lowest BCUT2D eigenvalue weighted by Gasteiger charge is -2.16. The van der Waals surface area contributed by atoms with Crippen molar-refractivity contribution in [3.8, 4) is 5.75 Å². The molecule has 0 aliphatic carbocycles. The summed E-state index contributed by atoms with van der Waals surface area (Å²) in [5.74, 6) is 1.97. The van der Waals surface area contributed by atoms with Crippen LogP contribution in [0.2, 0.25) is 0 Å². The number of aryl methyl sites for hydroxylation is 1. The van der Waals surface area contributed by atoms with E-state index in [1.54, 1.807) is 6.07 Å². The molecule has 1 aromatic carbocycles. The second-order valence-electron chi connectivity index (χ2n) is 5.28. The third-order valence-electron chi connectivity index (χ3n) is 3.69. The van der Waals surface area contributed by atoms with E-state index in [2.05, 4.69) is 31.7 Å². The zero-order valence-corrected chi connectivity index (χ0v) is 10.4. The molecule has 1 N–H and O–H groups in total. The monoisotopic (exact) mass is 219 g/mol. The quantitative estimate of drug-likeness (QED) is 0.826. The van der Waals surface area contributed by atoms with Crippen molar-refractivity contribution >= 4 is 0 Å². The second-order valence-corrected chi connectivity index (χ2v) is 5.28. The molecule has 2 nitrogen and oxygen atoms in total. The Morgan fingerprint density at radius 2 is 1.88 bits per heavy atom. The van der Waals surface area contributed by atoms with Crippen LogP contribution in [0, 0.1) is 18.8 Å². The Morgan fingerprint density at radius 1 is 1.25 bits per heavy atom. The molecule has 0 amide bonds. The molecule has 2 rings (SSSR count). The number of phenols is 1. The van der Waals surface area contributed by atoms with Crippen molar-refractivity contribution in [2.75, 3.05) is 13.1 Å². The van der Waals surface area contributed by atoms with Gasteiger partial charge in [-0.25, -0.2) is 0 Å². The molecule has 0 aromatic heterocycles. The van der Waals surface area contributed by atoms with Gasteiger partial charge in [0, 0.05) is 25.2 Å². The molecule has 1 fully saturated rings. The maximum absolute atomic E-state index is 9.80. The van der Waals surface area contributed by atoms with E-state index < -0.39 is 0 Å². The lowest BCUT2D eigenvalue weighted by atomic mass is 10.0. The largest absolute Gasteiger partial charge is 0.508 e. The molecule has 2 unspecified atom stereocenters. The van der Waals surface area contributed by atoms with Gasteiger partial charge >= 0.3 is 0 Å². The van der Waals surface area contributed by atoms with E-state index in [4.69, 9.17) is 0 Å². The Hall–Kier alpha value is -1.02. The standard InChI is InChI=1S/C14H21NO/c1-10-4-5-14(16)13(6-10)9-15-7-11(2)12(3)8-15/h4-6,11-12,16H,7-9H2,1-3H3. The fraction of sp³-hybridized carbons (Fsp3) is 0.571. The Labute approximate surface area is 97.9 Å². The smallest absolute Gasteiger partial charge is 0.120 e. The van der Waals surface area contributed by atoms with E-state index >= 15 is 0 Å². The van der Waals surface area contributed by atoms with Crippen LogP contribution < -0.4 is 0 Å². The summed E-state index contributed by atoms with van der Waals surface area (Å²) in [6, 6.07) is 5.84. The van der Waals surface area contributed by atoms with Crippen molar-refractivity contribution in [2.24, 2.45) is 11.8 Å². The van der Waals surface area contributed by atoms with E-state index in [9.17, 15) is 5.11 Å². The van der Waals surface area contributed by atoms with Gasteiger partial charge in [0.1, 0.15) is 5.75 Å². The summed E-state index contributed by atoms with van der Waals surface area (Å²) in [6.07, 6.45) is 0. The minimum Gasteiger partial charge on any atom is -0.508 e. The van der Waals surface area contributed by atoms with Crippen molar-refractivity contribution < 1.29 is 5.11 Å². The average Bonchev–Trinajstić information content (AvgIpc) is 2.52. The molecule has 1 aromatic rings. The van der Waals surface area contributed by atoms with Crippen LogP contribution in [0.5, 0.6) is 5.75 Å². The van der Waals surface area contributed by atoms with Gasteiger partial charge in [0.15, 0.2) is 0 Å². The zero-order valence-electron chi connectivity index (χ0n) is 10.4. The molecule has 2 heteroatoms. The molecule has 0 saturated carbocycles. The van der Waals surface area contributed by atoms with Crippen LogP contribution in [0.25, 0.3) is 0 Å². The second kappa shape index (κ2) is 4.46. The van der Waals surface area contributed by atoms with Crippen molar-refractivity contribution in [3.05, 3.63) is 29.3 Å². The summed E-state index contributed by atoms with van der Waals surface area (Å²) in [5, 5.41) is 9.80. The van der Waals surface area contributed by atoms with Gasteiger partial charge < -0.3 is 5.11 Å². The molecule has 1 aliphatic heterocycles. The van der Waals surface area contributed by atoms with Crippen LogP contribution in [0.15, 0.2) is 18.2 Å². The zero-order chi connectivity index (χ0) is 11.7. The van der Waals surface area contributed by atoms with Gasteiger partial charge in [0.2, 0.25) is 0 Å². The summed E-state index contributed by atoms with van der Waals surface area (Å²) in [6.45, 7) is 9.85. The number of benzene rings is 1. The summed E-state index contributed by atoms with van der Waals surface area (Å²) in [4.78, 5) is 2.43. The molecule has 1 saturated heterocycles. The molecule has 0 radical (unpaired) electrons. The van der Waals surface area contributed by atoms with Gasteiger partial charge in [-0.2, -0.15) is 0 Å². The van der Waals surface area contributed by atoms with E-state index in [1.807, 2.05) is 6.07 Å². The summed E-state index contributed by atoms with van der Waals surface area (Å²) in [5.41, 5.74) is 2.27. The van der Waals surface area contributed by atoms with Crippen molar-refractivity contribution in [2.45, 2.75) is 27.3 Å². The molecule has 16 heavy (non-hydrogen) atoms. The molecule has 0 bridgehead atoms. The lowest BCUT2D eigenvalue weighted by molar-refractivity contribution is 0.310. The van der Waals surface area contributed by atoms with Crippen molar-refractivity contribution in [3.63, 3.8) is 0 Å². The molecule has 1 aliphatic rings. The van der Waals surface area contributed by atoms with Gasteiger partial charge in [-0.1, -0.05) is 31.5 Å². The highest BCUT2D eigenvalue weighted by atomic mass is 16.3. The van der Waals surface area contributed by atoms with Crippen molar-refractivity contribution in [1.29, 1.82) is 0 Å². The number of aromatic hydroxyl groups is 1. The number of rotatable bonds is 2. The number of hydrogen-bond donors (Lipinski definition) is 1. The first-order chi connectivity index (χ1) is 7.56. The Kier molecular flexibility index (Phi) is 3.20. The van der Waals surface area contributed by atoms with Crippen LogP contribution >= 0.6 is 0 Å². The summed E-state index contributed by atoms with van der Waals surface area (Å²) in [7, 11) is 0. The Bertz CT molecular complexity index is 365. The molecule has 88 valence electrons. The van der Waals surface area contributed by atoms with Crippen molar-refractivity contribution in [1.82, 2.24) is 4.90 Å². The topological polar surface area (TPSA) is 23.5 Å². The fourth-order valence-electron chi connectivity index (χ4n) is 2.46. The molecular weight excluding hydrogens is 198 g/mol. The fourth-order valence-corrected chi connectivity index (χ4v) is 2.46. The highest BCUT2D eigenvalue weighted by Crippen LogP contribution is 2.26. The first kappa shape index (κ1) is 11.5. The SMILES string of the molecule is Cc1ccc(O)c(CN2CC(C)C(C)C2)c1. The minimum absolute atomic E-state index is 0.429. The normalized spacial score (nSPS) is 26.2. The first-order valence-corrected chi connectivity index (χ1v) is 6.07. The van der Waals surface area contributed by atoms with Gasteiger partial charge in [0.05, 0.1) is 0 Å². The minimum atomic E-state index is 0.429.